The minimum absolute atomic E-state index is 0.170. The van der Waals surface area contributed by atoms with Crippen LogP contribution >= 0.6 is 0 Å². The van der Waals surface area contributed by atoms with Crippen LogP contribution in [0, 0.1) is 6.92 Å². The van der Waals surface area contributed by atoms with Gasteiger partial charge in [-0.2, -0.15) is 5.10 Å². The molecule has 0 unspecified atom stereocenters. The van der Waals surface area contributed by atoms with E-state index in [9.17, 15) is 4.79 Å². The van der Waals surface area contributed by atoms with Gasteiger partial charge in [-0.1, -0.05) is 12.1 Å². The quantitative estimate of drug-likeness (QED) is 0.804. The van der Waals surface area contributed by atoms with Gasteiger partial charge in [-0.3, -0.25) is 9.48 Å². The molecule has 0 bridgehead atoms. The zero-order chi connectivity index (χ0) is 16.4. The topological polar surface area (TPSA) is 69.0 Å². The van der Waals surface area contributed by atoms with Crippen LogP contribution in [0.25, 0.3) is 11.0 Å². The van der Waals surface area contributed by atoms with Crippen LogP contribution in [0.2, 0.25) is 0 Å². The van der Waals surface area contributed by atoms with Gasteiger partial charge in [-0.25, -0.2) is 4.98 Å². The van der Waals surface area contributed by atoms with Gasteiger partial charge in [0.05, 0.1) is 24.2 Å². The van der Waals surface area contributed by atoms with Gasteiger partial charge in [0, 0.05) is 25.1 Å². The third-order valence-corrected chi connectivity index (χ3v) is 3.65. The molecule has 0 aliphatic rings. The Labute approximate surface area is 134 Å². The molecule has 2 aromatic heterocycles. The standard InChI is InChI=1S/C17H18N4O2/c1-11-15-8-14(9-18-16(15)21(2)20-11)19-17(22)13-6-4-12(5-7-13)10-23-3/h4-9H,10H2,1-3H3,(H,19,22). The van der Waals surface area contributed by atoms with Crippen molar-refractivity contribution in [3.05, 3.63) is 53.3 Å². The van der Waals surface area contributed by atoms with Gasteiger partial charge in [0.1, 0.15) is 0 Å². The molecule has 3 aromatic rings. The number of aryl methyl sites for hydroxylation is 2. The minimum Gasteiger partial charge on any atom is -0.380 e. The molecule has 6 heteroatoms. The molecule has 0 fully saturated rings. The number of methoxy groups -OCH3 is 1. The van der Waals surface area contributed by atoms with Crippen molar-refractivity contribution in [2.75, 3.05) is 12.4 Å². The van der Waals surface area contributed by atoms with Crippen LogP contribution in [-0.2, 0) is 18.4 Å². The number of hydrogen-bond donors (Lipinski definition) is 1. The number of benzene rings is 1. The summed E-state index contributed by atoms with van der Waals surface area (Å²) in [5.74, 6) is -0.170. The van der Waals surface area contributed by atoms with Gasteiger partial charge in [0.15, 0.2) is 5.65 Å². The molecule has 2 heterocycles. The second kappa shape index (κ2) is 6.18. The summed E-state index contributed by atoms with van der Waals surface area (Å²) in [5, 5.41) is 8.13. The summed E-state index contributed by atoms with van der Waals surface area (Å²) in [6.45, 7) is 2.45. The van der Waals surface area contributed by atoms with Crippen LogP contribution in [0.4, 0.5) is 5.69 Å². The Balaban J connectivity index is 1.80. The predicted molar refractivity (Wildman–Crippen MR) is 88.4 cm³/mol. The fraction of sp³-hybridized carbons (Fsp3) is 0.235. The number of rotatable bonds is 4. The summed E-state index contributed by atoms with van der Waals surface area (Å²) in [4.78, 5) is 16.7. The third kappa shape index (κ3) is 3.07. The van der Waals surface area contributed by atoms with E-state index < -0.39 is 0 Å². The fourth-order valence-electron chi connectivity index (χ4n) is 2.50. The Hall–Kier alpha value is -2.73. The van der Waals surface area contributed by atoms with Crippen LogP contribution < -0.4 is 5.32 Å². The van der Waals surface area contributed by atoms with Gasteiger partial charge in [-0.05, 0) is 30.7 Å². The molecule has 23 heavy (non-hydrogen) atoms. The second-order valence-electron chi connectivity index (χ2n) is 5.39. The zero-order valence-corrected chi connectivity index (χ0v) is 13.3. The molecule has 0 saturated heterocycles. The molecule has 1 amide bonds. The number of ether oxygens (including phenoxy) is 1. The Kier molecular flexibility index (Phi) is 4.08. The molecule has 1 N–H and O–H groups in total. The van der Waals surface area contributed by atoms with E-state index in [1.807, 2.05) is 32.2 Å². The lowest BCUT2D eigenvalue weighted by Crippen LogP contribution is -2.12. The van der Waals surface area contributed by atoms with Gasteiger partial charge in [0.25, 0.3) is 5.91 Å². The summed E-state index contributed by atoms with van der Waals surface area (Å²) in [6, 6.07) is 9.22. The Bertz CT molecular complexity index is 853. The molecular formula is C17H18N4O2. The summed E-state index contributed by atoms with van der Waals surface area (Å²) >= 11 is 0. The van der Waals surface area contributed by atoms with Crippen molar-refractivity contribution in [1.82, 2.24) is 14.8 Å². The maximum Gasteiger partial charge on any atom is 0.255 e. The van der Waals surface area contributed by atoms with Gasteiger partial charge >= 0.3 is 0 Å². The van der Waals surface area contributed by atoms with E-state index in [4.69, 9.17) is 4.74 Å². The first-order chi connectivity index (χ1) is 11.1. The monoisotopic (exact) mass is 310 g/mol. The summed E-state index contributed by atoms with van der Waals surface area (Å²) in [5.41, 5.74) is 3.95. The smallest absolute Gasteiger partial charge is 0.255 e. The normalized spacial score (nSPS) is 10.9. The van der Waals surface area contributed by atoms with Crippen molar-refractivity contribution in [3.8, 4) is 0 Å². The highest BCUT2D eigenvalue weighted by molar-refractivity contribution is 6.04. The van der Waals surface area contributed by atoms with E-state index in [0.29, 0.717) is 17.9 Å². The zero-order valence-electron chi connectivity index (χ0n) is 13.3. The Morgan fingerprint density at radius 3 is 2.74 bits per heavy atom. The van der Waals surface area contributed by atoms with Gasteiger partial charge < -0.3 is 10.1 Å². The number of carbonyl (C=O) groups excluding carboxylic acids is 1. The molecule has 1 aromatic carbocycles. The summed E-state index contributed by atoms with van der Waals surface area (Å²) in [7, 11) is 3.49. The highest BCUT2D eigenvalue weighted by Gasteiger charge is 2.10. The predicted octanol–water partition coefficient (Wildman–Crippen LogP) is 2.68. The summed E-state index contributed by atoms with van der Waals surface area (Å²) < 4.78 is 6.79. The van der Waals surface area contributed by atoms with Crippen LogP contribution in [0.15, 0.2) is 36.5 Å². The average molecular weight is 310 g/mol. The van der Waals surface area contributed by atoms with Crippen molar-refractivity contribution in [2.45, 2.75) is 13.5 Å². The van der Waals surface area contributed by atoms with Crippen molar-refractivity contribution in [3.63, 3.8) is 0 Å². The second-order valence-corrected chi connectivity index (χ2v) is 5.39. The Morgan fingerprint density at radius 2 is 2.04 bits per heavy atom. The van der Waals surface area contributed by atoms with Crippen LogP contribution in [0.1, 0.15) is 21.6 Å². The number of nitrogens with zero attached hydrogens (tertiary/aromatic N) is 3. The number of amides is 1. The molecule has 6 nitrogen and oxygen atoms in total. The van der Waals surface area contributed by atoms with Crippen LogP contribution in [0.5, 0.6) is 0 Å². The number of pyridine rings is 1. The highest BCUT2D eigenvalue weighted by Crippen LogP contribution is 2.19. The largest absolute Gasteiger partial charge is 0.380 e. The number of nitrogens with one attached hydrogen (secondary N) is 1. The first-order valence-electron chi connectivity index (χ1n) is 7.27. The maximum atomic E-state index is 12.3. The molecule has 0 spiro atoms. The number of carbonyl (C=O) groups is 1. The first kappa shape index (κ1) is 15.2. The van der Waals surface area contributed by atoms with Gasteiger partial charge in [0.2, 0.25) is 0 Å². The van der Waals surface area contributed by atoms with Crippen molar-refractivity contribution in [1.29, 1.82) is 0 Å². The molecule has 118 valence electrons. The molecule has 3 rings (SSSR count). The third-order valence-electron chi connectivity index (χ3n) is 3.65. The number of hydrogen-bond acceptors (Lipinski definition) is 4. The molecule has 0 radical (unpaired) electrons. The first-order valence-corrected chi connectivity index (χ1v) is 7.27. The van der Waals surface area contributed by atoms with E-state index in [1.165, 1.54) is 0 Å². The van der Waals surface area contributed by atoms with E-state index in [-0.39, 0.29) is 5.91 Å². The number of fused-ring (bicyclic) bond motifs is 1. The number of aromatic nitrogens is 3. The SMILES string of the molecule is COCc1ccc(C(=O)Nc2cnc3c(c2)c(C)nn3C)cc1. The van der Waals surface area contributed by atoms with Crippen LogP contribution in [-0.4, -0.2) is 27.8 Å². The Morgan fingerprint density at radius 1 is 1.30 bits per heavy atom. The van der Waals surface area contributed by atoms with Crippen molar-refractivity contribution in [2.24, 2.45) is 7.05 Å². The lowest BCUT2D eigenvalue weighted by atomic mass is 10.1. The molecule has 0 aliphatic heterocycles. The lowest BCUT2D eigenvalue weighted by Gasteiger charge is -2.06. The van der Waals surface area contributed by atoms with E-state index >= 15 is 0 Å². The maximum absolute atomic E-state index is 12.3. The molecule has 0 saturated carbocycles. The highest BCUT2D eigenvalue weighted by atomic mass is 16.5. The molecule has 0 aliphatic carbocycles. The van der Waals surface area contributed by atoms with E-state index in [2.05, 4.69) is 15.4 Å². The lowest BCUT2D eigenvalue weighted by molar-refractivity contribution is 0.102. The van der Waals surface area contributed by atoms with E-state index in [0.717, 1.165) is 22.3 Å². The van der Waals surface area contributed by atoms with E-state index in [1.54, 1.807) is 30.1 Å². The van der Waals surface area contributed by atoms with Crippen molar-refractivity contribution < 1.29 is 9.53 Å². The summed E-state index contributed by atoms with van der Waals surface area (Å²) in [6.07, 6.45) is 1.64. The minimum atomic E-state index is -0.170. The number of anilines is 1. The molecule has 0 atom stereocenters. The van der Waals surface area contributed by atoms with Crippen LogP contribution in [0.3, 0.4) is 0 Å². The average Bonchev–Trinajstić information content (AvgIpc) is 2.82. The molecular weight excluding hydrogens is 292 g/mol. The van der Waals surface area contributed by atoms with Crippen molar-refractivity contribution >= 4 is 22.6 Å². The van der Waals surface area contributed by atoms with Gasteiger partial charge in [-0.15, -0.1) is 0 Å². The fourth-order valence-corrected chi connectivity index (χ4v) is 2.50.